The minimum Gasteiger partial charge on any atom is -0.337 e. The molecule has 0 radical (unpaired) electrons. The Morgan fingerprint density at radius 2 is 2.00 bits per heavy atom. The lowest BCUT2D eigenvalue weighted by Crippen LogP contribution is -2.35. The first kappa shape index (κ1) is 26.0. The molecule has 0 saturated carbocycles. The molecule has 2 saturated heterocycles. The number of hydrogen-bond donors (Lipinski definition) is 1. The molecule has 9 heteroatoms. The Morgan fingerprint density at radius 1 is 1.13 bits per heavy atom. The number of benzene rings is 1. The van der Waals surface area contributed by atoms with Gasteiger partial charge in [0.05, 0.1) is 17.1 Å². The van der Waals surface area contributed by atoms with Gasteiger partial charge in [-0.2, -0.15) is 0 Å². The third-order valence-electron chi connectivity index (χ3n) is 7.46. The van der Waals surface area contributed by atoms with Gasteiger partial charge in [-0.3, -0.25) is 24.8 Å². The van der Waals surface area contributed by atoms with E-state index in [1.165, 1.54) is 0 Å². The van der Waals surface area contributed by atoms with E-state index in [1.54, 1.807) is 24.4 Å². The number of imidazole rings is 1. The van der Waals surface area contributed by atoms with Crippen LogP contribution in [0.4, 0.5) is 10.3 Å². The van der Waals surface area contributed by atoms with Gasteiger partial charge >= 0.3 is 0 Å². The van der Waals surface area contributed by atoms with Crippen LogP contribution in [0.5, 0.6) is 0 Å². The summed E-state index contributed by atoms with van der Waals surface area (Å²) in [5.74, 6) is 0.205. The van der Waals surface area contributed by atoms with Crippen molar-refractivity contribution in [3.05, 3.63) is 65.5 Å². The average molecular weight is 519 g/mol. The summed E-state index contributed by atoms with van der Waals surface area (Å²) < 4.78 is 15.6. The number of carbonyl (C=O) groups excluding carboxylic acids is 2. The van der Waals surface area contributed by atoms with Crippen LogP contribution < -0.4 is 5.32 Å². The Kier molecular flexibility index (Phi) is 7.83. The minimum absolute atomic E-state index is 0.0353. The molecule has 38 heavy (non-hydrogen) atoms. The first-order valence-electron chi connectivity index (χ1n) is 13.4. The average Bonchev–Trinajstić information content (AvgIpc) is 3.38. The van der Waals surface area contributed by atoms with E-state index in [0.29, 0.717) is 44.1 Å². The molecule has 1 N–H and O–H groups in total. The lowest BCUT2D eigenvalue weighted by Gasteiger charge is -2.26. The number of rotatable bonds is 6. The fourth-order valence-electron chi connectivity index (χ4n) is 5.51. The van der Waals surface area contributed by atoms with E-state index in [0.717, 1.165) is 48.1 Å². The Morgan fingerprint density at radius 3 is 2.79 bits per heavy atom. The normalized spacial score (nSPS) is 20.8. The Hall–Kier alpha value is -3.59. The van der Waals surface area contributed by atoms with Gasteiger partial charge in [0.1, 0.15) is 6.17 Å². The Labute approximate surface area is 222 Å². The summed E-state index contributed by atoms with van der Waals surface area (Å²) in [7, 11) is 0. The molecule has 3 aromatic rings. The molecular formula is C29H35FN6O2. The fraction of sp³-hybridized carbons (Fsp3) is 0.448. The maximum atomic E-state index is 13.5. The van der Waals surface area contributed by atoms with Crippen LogP contribution in [0.25, 0.3) is 11.0 Å². The van der Waals surface area contributed by atoms with Crippen LogP contribution in [-0.4, -0.2) is 75.0 Å². The van der Waals surface area contributed by atoms with Crippen molar-refractivity contribution in [2.45, 2.75) is 51.7 Å². The van der Waals surface area contributed by atoms with E-state index in [1.807, 2.05) is 47.9 Å². The molecule has 2 aromatic heterocycles. The topological polar surface area (TPSA) is 83.4 Å². The quantitative estimate of drug-likeness (QED) is 0.488. The number of hydrogen-bond acceptors (Lipinski definition) is 5. The standard InChI is InChI=1S/C29H35FN6O2/c1-20-7-5-9-25-27(20)36(29(32-25)33-28(38)22-11-13-31-21(2)17-22)24-8-3-4-15-35(19-24)26(37)10-6-14-34-16-12-23(30)18-34/h5-7,9-11,13,17,23-24H,3-4,8,12,14-16,18-19H2,1-2H3,(H,32,33,38)/b10-6+. The molecule has 4 heterocycles. The number of likely N-dealkylation sites (tertiary alicyclic amines) is 2. The number of aromatic nitrogens is 3. The number of nitrogens with one attached hydrogen (secondary N) is 1. The molecule has 5 rings (SSSR count). The highest BCUT2D eigenvalue weighted by molar-refractivity contribution is 6.04. The van der Waals surface area contributed by atoms with Gasteiger partial charge in [-0.25, -0.2) is 9.37 Å². The maximum absolute atomic E-state index is 13.5. The molecule has 2 aliphatic heterocycles. The van der Waals surface area contributed by atoms with Crippen LogP contribution in [0, 0.1) is 13.8 Å². The van der Waals surface area contributed by atoms with E-state index < -0.39 is 6.17 Å². The van der Waals surface area contributed by atoms with Crippen molar-refractivity contribution >= 4 is 28.8 Å². The summed E-state index contributed by atoms with van der Waals surface area (Å²) in [5, 5.41) is 3.03. The van der Waals surface area contributed by atoms with Crippen LogP contribution in [-0.2, 0) is 4.79 Å². The third-order valence-corrected chi connectivity index (χ3v) is 7.46. The van der Waals surface area contributed by atoms with Crippen molar-refractivity contribution in [2.75, 3.05) is 38.0 Å². The zero-order valence-electron chi connectivity index (χ0n) is 22.1. The smallest absolute Gasteiger partial charge is 0.258 e. The largest absolute Gasteiger partial charge is 0.337 e. The van der Waals surface area contributed by atoms with Gasteiger partial charge in [0.2, 0.25) is 11.9 Å². The number of anilines is 1. The summed E-state index contributed by atoms with van der Waals surface area (Å²) in [5.41, 5.74) is 4.13. The molecule has 0 spiro atoms. The van der Waals surface area contributed by atoms with Gasteiger partial charge in [-0.15, -0.1) is 0 Å². The lowest BCUT2D eigenvalue weighted by molar-refractivity contribution is -0.126. The van der Waals surface area contributed by atoms with Crippen molar-refractivity contribution in [3.63, 3.8) is 0 Å². The molecule has 0 bridgehead atoms. The number of aryl methyl sites for hydroxylation is 2. The predicted octanol–water partition coefficient (Wildman–Crippen LogP) is 4.45. The van der Waals surface area contributed by atoms with Crippen molar-refractivity contribution in [3.8, 4) is 0 Å². The van der Waals surface area contributed by atoms with Gasteiger partial charge in [-0.1, -0.05) is 18.2 Å². The van der Waals surface area contributed by atoms with Crippen molar-refractivity contribution in [1.29, 1.82) is 0 Å². The fourth-order valence-corrected chi connectivity index (χ4v) is 5.51. The number of para-hydroxylation sites is 1. The predicted molar refractivity (Wildman–Crippen MR) is 146 cm³/mol. The van der Waals surface area contributed by atoms with Gasteiger partial charge in [0.15, 0.2) is 0 Å². The molecule has 200 valence electrons. The van der Waals surface area contributed by atoms with Gasteiger partial charge < -0.3 is 9.47 Å². The highest BCUT2D eigenvalue weighted by Gasteiger charge is 2.27. The summed E-state index contributed by atoms with van der Waals surface area (Å²) >= 11 is 0. The molecule has 1 aromatic carbocycles. The number of fused-ring (bicyclic) bond motifs is 1. The second-order valence-corrected chi connectivity index (χ2v) is 10.4. The molecular weight excluding hydrogens is 483 g/mol. The monoisotopic (exact) mass is 518 g/mol. The lowest BCUT2D eigenvalue weighted by atomic mass is 10.1. The SMILES string of the molecule is Cc1cc(C(=O)Nc2nc3cccc(C)c3n2C2CCCCN(C(=O)/C=C/CN3CCC(F)C3)C2)ccn1. The van der Waals surface area contributed by atoms with Crippen molar-refractivity contribution in [2.24, 2.45) is 0 Å². The van der Waals surface area contributed by atoms with Crippen LogP contribution in [0.2, 0.25) is 0 Å². The summed E-state index contributed by atoms with van der Waals surface area (Å²) in [4.78, 5) is 39.2. The highest BCUT2D eigenvalue weighted by atomic mass is 19.1. The Balaban J connectivity index is 1.39. The van der Waals surface area contributed by atoms with Gasteiger partial charge in [-0.05, 0) is 63.3 Å². The molecule has 8 nitrogen and oxygen atoms in total. The number of amides is 2. The van der Waals surface area contributed by atoms with E-state index in [-0.39, 0.29) is 17.9 Å². The number of carbonyl (C=O) groups is 2. The van der Waals surface area contributed by atoms with E-state index in [2.05, 4.69) is 14.9 Å². The molecule has 2 fully saturated rings. The van der Waals surface area contributed by atoms with E-state index in [9.17, 15) is 14.0 Å². The highest BCUT2D eigenvalue weighted by Crippen LogP contribution is 2.32. The zero-order chi connectivity index (χ0) is 26.6. The molecule has 2 unspecified atom stereocenters. The van der Waals surface area contributed by atoms with Crippen molar-refractivity contribution in [1.82, 2.24) is 24.3 Å². The van der Waals surface area contributed by atoms with E-state index in [4.69, 9.17) is 4.98 Å². The first-order chi connectivity index (χ1) is 18.4. The number of pyridine rings is 1. The summed E-state index contributed by atoms with van der Waals surface area (Å²) in [6.45, 7) is 6.84. The molecule has 2 aliphatic rings. The summed E-state index contributed by atoms with van der Waals surface area (Å²) in [6, 6.07) is 9.36. The van der Waals surface area contributed by atoms with Gasteiger partial charge in [0.25, 0.3) is 5.91 Å². The molecule has 0 aliphatic carbocycles. The molecule has 2 atom stereocenters. The number of alkyl halides is 1. The van der Waals surface area contributed by atoms with Crippen LogP contribution >= 0.6 is 0 Å². The summed E-state index contributed by atoms with van der Waals surface area (Å²) in [6.07, 6.45) is 7.64. The number of halogens is 1. The van der Waals surface area contributed by atoms with Gasteiger partial charge in [0, 0.05) is 56.3 Å². The minimum atomic E-state index is -0.767. The van der Waals surface area contributed by atoms with Crippen LogP contribution in [0.1, 0.15) is 53.3 Å². The van der Waals surface area contributed by atoms with Crippen molar-refractivity contribution < 1.29 is 14.0 Å². The molecule has 2 amide bonds. The maximum Gasteiger partial charge on any atom is 0.258 e. The second-order valence-electron chi connectivity index (χ2n) is 10.4. The number of nitrogens with zero attached hydrogens (tertiary/aromatic N) is 5. The van der Waals surface area contributed by atoms with E-state index >= 15 is 0 Å². The van der Waals surface area contributed by atoms with Crippen LogP contribution in [0.3, 0.4) is 0 Å². The Bertz CT molecular complexity index is 1350. The first-order valence-corrected chi connectivity index (χ1v) is 13.4. The zero-order valence-corrected chi connectivity index (χ0v) is 22.1. The third kappa shape index (κ3) is 5.78. The van der Waals surface area contributed by atoms with Crippen LogP contribution in [0.15, 0.2) is 48.7 Å². The second kappa shape index (κ2) is 11.4.